The van der Waals surface area contributed by atoms with Gasteiger partial charge in [-0.3, -0.25) is 9.36 Å². The standard InChI is InChI=1S/C26H22ClFN4OS/c27-21-8-2-1-7-20(21)24-29-30-26(32(24)23-10-4-3-9-22(23)28)34-17-18-11-13-19(14-12-18)25(33)31-15-5-6-16-31/h1-4,7-14H,5-6,15-17H2. The average Bonchev–Trinajstić information content (AvgIpc) is 3.54. The van der Waals surface area contributed by atoms with Crippen molar-refractivity contribution in [1.82, 2.24) is 19.7 Å². The van der Waals surface area contributed by atoms with Crippen molar-refractivity contribution >= 4 is 29.3 Å². The number of benzene rings is 3. The molecule has 34 heavy (non-hydrogen) atoms. The van der Waals surface area contributed by atoms with E-state index in [1.165, 1.54) is 17.8 Å². The van der Waals surface area contributed by atoms with Crippen LogP contribution in [0.3, 0.4) is 0 Å². The molecule has 172 valence electrons. The monoisotopic (exact) mass is 492 g/mol. The molecule has 4 aromatic rings. The quantitative estimate of drug-likeness (QED) is 0.298. The second-order valence-electron chi connectivity index (χ2n) is 8.06. The van der Waals surface area contributed by atoms with Gasteiger partial charge in [0.25, 0.3) is 5.91 Å². The highest BCUT2D eigenvalue weighted by Gasteiger charge is 2.21. The Hall–Kier alpha value is -3.16. The van der Waals surface area contributed by atoms with Gasteiger partial charge < -0.3 is 4.90 Å². The van der Waals surface area contributed by atoms with Crippen LogP contribution in [0.15, 0.2) is 78.0 Å². The van der Waals surface area contributed by atoms with Crippen molar-refractivity contribution in [2.45, 2.75) is 23.8 Å². The van der Waals surface area contributed by atoms with Crippen molar-refractivity contribution in [3.05, 3.63) is 94.8 Å². The zero-order valence-electron chi connectivity index (χ0n) is 18.3. The van der Waals surface area contributed by atoms with Crippen molar-refractivity contribution in [3.8, 4) is 17.1 Å². The molecule has 1 aliphatic heterocycles. The third kappa shape index (κ3) is 4.58. The lowest BCUT2D eigenvalue weighted by Gasteiger charge is -2.15. The number of hydrogen-bond donors (Lipinski definition) is 0. The molecule has 0 spiro atoms. The van der Waals surface area contributed by atoms with Crippen LogP contribution in [0.2, 0.25) is 5.02 Å². The van der Waals surface area contributed by atoms with E-state index >= 15 is 0 Å². The molecule has 1 fully saturated rings. The van der Waals surface area contributed by atoms with Gasteiger partial charge in [-0.15, -0.1) is 10.2 Å². The molecule has 8 heteroatoms. The van der Waals surface area contributed by atoms with E-state index < -0.39 is 0 Å². The Morgan fingerprint density at radius 2 is 1.65 bits per heavy atom. The number of para-hydroxylation sites is 1. The number of halogens is 2. The van der Waals surface area contributed by atoms with Gasteiger partial charge in [0.1, 0.15) is 5.82 Å². The van der Waals surface area contributed by atoms with Gasteiger partial charge in [-0.2, -0.15) is 0 Å². The van der Waals surface area contributed by atoms with E-state index in [-0.39, 0.29) is 11.7 Å². The van der Waals surface area contributed by atoms with Crippen LogP contribution in [0.4, 0.5) is 4.39 Å². The SMILES string of the molecule is O=C(c1ccc(CSc2nnc(-c3ccccc3Cl)n2-c2ccccc2F)cc1)N1CCCC1. The topological polar surface area (TPSA) is 51.0 Å². The zero-order chi connectivity index (χ0) is 23.5. The molecule has 0 unspecified atom stereocenters. The van der Waals surface area contributed by atoms with E-state index in [4.69, 9.17) is 11.6 Å². The largest absolute Gasteiger partial charge is 0.339 e. The summed E-state index contributed by atoms with van der Waals surface area (Å²) in [5.74, 6) is 0.778. The molecule has 0 N–H and O–H groups in total. The highest BCUT2D eigenvalue weighted by Crippen LogP contribution is 2.33. The summed E-state index contributed by atoms with van der Waals surface area (Å²) in [4.78, 5) is 14.5. The number of hydrogen-bond acceptors (Lipinski definition) is 4. The lowest BCUT2D eigenvalue weighted by molar-refractivity contribution is 0.0793. The third-order valence-electron chi connectivity index (χ3n) is 5.80. The molecule has 1 aromatic heterocycles. The molecule has 0 bridgehead atoms. The maximum absolute atomic E-state index is 14.8. The zero-order valence-corrected chi connectivity index (χ0v) is 19.9. The van der Waals surface area contributed by atoms with Crippen LogP contribution in [0.25, 0.3) is 17.1 Å². The Balaban J connectivity index is 1.41. The maximum atomic E-state index is 14.8. The first-order valence-corrected chi connectivity index (χ1v) is 12.4. The number of likely N-dealkylation sites (tertiary alicyclic amines) is 1. The molecule has 3 aromatic carbocycles. The molecule has 2 heterocycles. The minimum Gasteiger partial charge on any atom is -0.339 e. The van der Waals surface area contributed by atoms with Gasteiger partial charge in [0.2, 0.25) is 0 Å². The van der Waals surface area contributed by atoms with Gasteiger partial charge in [-0.1, -0.05) is 59.8 Å². The fourth-order valence-corrected chi connectivity index (χ4v) is 5.15. The number of thioether (sulfide) groups is 1. The molecule has 1 saturated heterocycles. The Bertz CT molecular complexity index is 1320. The third-order valence-corrected chi connectivity index (χ3v) is 7.13. The summed E-state index contributed by atoms with van der Waals surface area (Å²) in [6.45, 7) is 1.66. The lowest BCUT2D eigenvalue weighted by atomic mass is 10.1. The van der Waals surface area contributed by atoms with Gasteiger partial charge in [0, 0.05) is 30.0 Å². The van der Waals surface area contributed by atoms with Crippen molar-refractivity contribution in [2.75, 3.05) is 13.1 Å². The van der Waals surface area contributed by atoms with Crippen LogP contribution >= 0.6 is 23.4 Å². The first-order valence-electron chi connectivity index (χ1n) is 11.1. The van der Waals surface area contributed by atoms with E-state index in [2.05, 4.69) is 10.2 Å². The van der Waals surface area contributed by atoms with Crippen LogP contribution in [0.5, 0.6) is 0 Å². The van der Waals surface area contributed by atoms with Crippen molar-refractivity contribution < 1.29 is 9.18 Å². The summed E-state index contributed by atoms with van der Waals surface area (Å²) >= 11 is 7.86. The lowest BCUT2D eigenvalue weighted by Crippen LogP contribution is -2.27. The smallest absolute Gasteiger partial charge is 0.253 e. The van der Waals surface area contributed by atoms with Crippen LogP contribution in [-0.4, -0.2) is 38.7 Å². The predicted octanol–water partition coefficient (Wildman–Crippen LogP) is 6.26. The second-order valence-corrected chi connectivity index (χ2v) is 9.41. The molecule has 5 nitrogen and oxygen atoms in total. The van der Waals surface area contributed by atoms with Crippen molar-refractivity contribution in [1.29, 1.82) is 0 Å². The number of nitrogens with zero attached hydrogens (tertiary/aromatic N) is 4. The Labute approximate surface area is 206 Å². The average molecular weight is 493 g/mol. The van der Waals surface area contributed by atoms with Gasteiger partial charge in [-0.05, 0) is 54.8 Å². The molecule has 5 rings (SSSR count). The Kier molecular flexibility index (Phi) is 6.65. The minimum absolute atomic E-state index is 0.0837. The van der Waals surface area contributed by atoms with Gasteiger partial charge in [0.05, 0.1) is 10.7 Å². The summed E-state index contributed by atoms with van der Waals surface area (Å²) in [6, 6.07) is 21.5. The molecular weight excluding hydrogens is 471 g/mol. The molecule has 0 radical (unpaired) electrons. The molecular formula is C26H22ClFN4OS. The van der Waals surface area contributed by atoms with E-state index in [0.29, 0.717) is 38.6 Å². The number of rotatable bonds is 6. The van der Waals surface area contributed by atoms with Crippen LogP contribution < -0.4 is 0 Å². The minimum atomic E-state index is -0.373. The molecule has 1 aliphatic rings. The number of aromatic nitrogens is 3. The number of amides is 1. The van der Waals surface area contributed by atoms with Crippen molar-refractivity contribution in [3.63, 3.8) is 0 Å². The van der Waals surface area contributed by atoms with Crippen LogP contribution in [0, 0.1) is 5.82 Å². The Morgan fingerprint density at radius 3 is 2.38 bits per heavy atom. The van der Waals surface area contributed by atoms with E-state index in [0.717, 1.165) is 31.5 Å². The number of carbonyl (C=O) groups excluding carboxylic acids is 1. The van der Waals surface area contributed by atoms with Gasteiger partial charge in [0.15, 0.2) is 11.0 Å². The Morgan fingerprint density at radius 1 is 0.941 bits per heavy atom. The highest BCUT2D eigenvalue weighted by molar-refractivity contribution is 7.98. The number of carbonyl (C=O) groups is 1. The van der Waals surface area contributed by atoms with Crippen LogP contribution in [0.1, 0.15) is 28.8 Å². The molecule has 0 atom stereocenters. The first kappa shape index (κ1) is 22.6. The molecule has 0 aliphatic carbocycles. The second kappa shape index (κ2) is 9.99. The normalized spacial score (nSPS) is 13.4. The predicted molar refractivity (Wildman–Crippen MR) is 133 cm³/mol. The maximum Gasteiger partial charge on any atom is 0.253 e. The van der Waals surface area contributed by atoms with Crippen molar-refractivity contribution in [2.24, 2.45) is 0 Å². The highest BCUT2D eigenvalue weighted by atomic mass is 35.5. The summed E-state index contributed by atoms with van der Waals surface area (Å²) in [5.41, 5.74) is 2.77. The van der Waals surface area contributed by atoms with E-state index in [9.17, 15) is 9.18 Å². The van der Waals surface area contributed by atoms with E-state index in [1.54, 1.807) is 28.8 Å². The summed E-state index contributed by atoms with van der Waals surface area (Å²) < 4.78 is 16.5. The van der Waals surface area contributed by atoms with Gasteiger partial charge >= 0.3 is 0 Å². The fraction of sp³-hybridized carbons (Fsp3) is 0.192. The van der Waals surface area contributed by atoms with Crippen LogP contribution in [-0.2, 0) is 5.75 Å². The van der Waals surface area contributed by atoms with Gasteiger partial charge in [-0.25, -0.2) is 4.39 Å². The summed E-state index contributed by atoms with van der Waals surface area (Å²) in [7, 11) is 0. The molecule has 1 amide bonds. The summed E-state index contributed by atoms with van der Waals surface area (Å²) in [6.07, 6.45) is 2.14. The summed E-state index contributed by atoms with van der Waals surface area (Å²) in [5, 5.41) is 9.77. The van der Waals surface area contributed by atoms with E-state index in [1.807, 2.05) is 47.4 Å². The molecule has 0 saturated carbocycles. The fourth-order valence-electron chi connectivity index (χ4n) is 4.02. The first-order chi connectivity index (χ1) is 16.6.